The number of fused-ring (bicyclic) bond motifs is 1. The summed E-state index contributed by atoms with van der Waals surface area (Å²) in [6, 6.07) is 15.7. The number of hydrogen-bond donors (Lipinski definition) is 2. The van der Waals surface area contributed by atoms with Crippen LogP contribution in [0.1, 0.15) is 102 Å². The first-order valence-electron chi connectivity index (χ1n) is 13.7. The number of benzene rings is 2. The maximum atomic E-state index is 12.3. The lowest BCUT2D eigenvalue weighted by Gasteiger charge is -2.42. The molecule has 0 saturated carbocycles. The molecule has 2 N–H and O–H groups in total. The summed E-state index contributed by atoms with van der Waals surface area (Å²) in [7, 11) is -3.21. The third kappa shape index (κ3) is 7.53. The predicted octanol–water partition coefficient (Wildman–Crippen LogP) is 8.29. The highest BCUT2D eigenvalue weighted by molar-refractivity contribution is 8.24. The van der Waals surface area contributed by atoms with Gasteiger partial charge in [0.05, 0.1) is 10.5 Å². The number of rotatable bonds is 10. The topological polar surface area (TPSA) is 99.8 Å². The molecule has 38 heavy (non-hydrogen) atoms. The first kappa shape index (κ1) is 30.0. The van der Waals surface area contributed by atoms with Crippen molar-refractivity contribution in [3.63, 3.8) is 0 Å². The molecule has 6 nitrogen and oxygen atoms in total. The standard InChI is InChI=1S/C31H43NO5S/c1-6-8-15-31(16-9-7-2)19-26(23-13-11-10-12-14-23)25-17-24(20-32)27(18-28(25)38(34,35)22-31)36-21-29(33)37-30(3,4)5/h10-14,17-18,26,34-35H,6-9,15-16,19,21-22H2,1-5H3. The number of carbonyl (C=O) groups is 1. The SMILES string of the molecule is CCCCC1(CCCC)CC(c2ccccc2)c2cc(C#N)c(OCC(=O)OC(C)(C)C)cc2S(O)(O)C1. The van der Waals surface area contributed by atoms with E-state index >= 15 is 0 Å². The van der Waals surface area contributed by atoms with Crippen LogP contribution in [0.5, 0.6) is 5.75 Å². The van der Waals surface area contributed by atoms with Crippen LogP contribution in [0, 0.1) is 16.7 Å². The third-order valence-corrected chi connectivity index (χ3v) is 9.27. The molecule has 0 saturated heterocycles. The molecule has 0 aromatic heterocycles. The van der Waals surface area contributed by atoms with E-state index in [1.54, 1.807) is 32.9 Å². The predicted molar refractivity (Wildman–Crippen MR) is 153 cm³/mol. The Labute approximate surface area is 229 Å². The third-order valence-electron chi connectivity index (χ3n) is 7.19. The fourth-order valence-corrected chi connectivity index (χ4v) is 7.80. The number of nitrogens with zero attached hydrogens (tertiary/aromatic N) is 1. The Balaban J connectivity index is 2.13. The van der Waals surface area contributed by atoms with Crippen LogP contribution in [0.4, 0.5) is 0 Å². The molecule has 0 spiro atoms. The Kier molecular flexibility index (Phi) is 9.91. The van der Waals surface area contributed by atoms with Gasteiger partial charge in [0.15, 0.2) is 6.61 Å². The molecular formula is C31H43NO5S. The molecule has 0 fully saturated rings. The number of nitriles is 1. The normalized spacial score (nSPS) is 18.9. The van der Waals surface area contributed by atoms with Crippen LogP contribution in [0.2, 0.25) is 0 Å². The van der Waals surface area contributed by atoms with Crippen LogP contribution in [0.15, 0.2) is 47.4 Å². The van der Waals surface area contributed by atoms with Gasteiger partial charge < -0.3 is 9.47 Å². The molecule has 0 aliphatic carbocycles. The molecule has 1 atom stereocenters. The van der Waals surface area contributed by atoms with E-state index in [0.29, 0.717) is 4.90 Å². The second-order valence-corrected chi connectivity index (χ2v) is 13.6. The van der Waals surface area contributed by atoms with Crippen LogP contribution in [0.3, 0.4) is 0 Å². The maximum Gasteiger partial charge on any atom is 0.344 e. The van der Waals surface area contributed by atoms with Crippen molar-refractivity contribution in [1.82, 2.24) is 0 Å². The summed E-state index contributed by atoms with van der Waals surface area (Å²) >= 11 is 0. The van der Waals surface area contributed by atoms with Crippen molar-refractivity contribution < 1.29 is 23.4 Å². The van der Waals surface area contributed by atoms with Gasteiger partial charge in [-0.3, -0.25) is 9.11 Å². The van der Waals surface area contributed by atoms with Gasteiger partial charge in [-0.05, 0) is 62.6 Å². The molecule has 1 aliphatic rings. The molecule has 0 bridgehead atoms. The minimum Gasteiger partial charge on any atom is -0.480 e. The van der Waals surface area contributed by atoms with E-state index < -0.39 is 22.2 Å². The number of esters is 1. The highest BCUT2D eigenvalue weighted by atomic mass is 32.3. The molecule has 2 aromatic rings. The van der Waals surface area contributed by atoms with Crippen molar-refractivity contribution in [1.29, 1.82) is 5.26 Å². The summed E-state index contributed by atoms with van der Waals surface area (Å²) in [4.78, 5) is 12.7. The summed E-state index contributed by atoms with van der Waals surface area (Å²) < 4.78 is 34.6. The lowest BCUT2D eigenvalue weighted by molar-refractivity contribution is -0.157. The van der Waals surface area contributed by atoms with E-state index in [0.717, 1.165) is 56.1 Å². The van der Waals surface area contributed by atoms with Crippen molar-refractivity contribution in [3.05, 3.63) is 59.2 Å². The van der Waals surface area contributed by atoms with Crippen LogP contribution in [-0.4, -0.2) is 33.0 Å². The number of unbranched alkanes of at least 4 members (excludes halogenated alkanes) is 2. The van der Waals surface area contributed by atoms with Gasteiger partial charge in [0.25, 0.3) is 0 Å². The Bertz CT molecular complexity index is 1130. The van der Waals surface area contributed by atoms with Crippen molar-refractivity contribution in [2.45, 2.75) is 96.0 Å². The Morgan fingerprint density at radius 3 is 2.29 bits per heavy atom. The van der Waals surface area contributed by atoms with Crippen LogP contribution < -0.4 is 4.74 Å². The Hall–Kier alpha value is -2.53. The summed E-state index contributed by atoms with van der Waals surface area (Å²) in [5.41, 5.74) is 1.21. The van der Waals surface area contributed by atoms with Gasteiger partial charge >= 0.3 is 5.97 Å². The zero-order valence-corrected chi connectivity index (χ0v) is 24.3. The van der Waals surface area contributed by atoms with Crippen molar-refractivity contribution in [3.8, 4) is 11.8 Å². The summed E-state index contributed by atoms with van der Waals surface area (Å²) in [6.45, 7) is 9.28. The van der Waals surface area contributed by atoms with E-state index in [4.69, 9.17) is 9.47 Å². The van der Waals surface area contributed by atoms with Gasteiger partial charge in [0.1, 0.15) is 17.4 Å². The molecular weight excluding hydrogens is 498 g/mol. The lowest BCUT2D eigenvalue weighted by atomic mass is 9.70. The Morgan fingerprint density at radius 1 is 1.11 bits per heavy atom. The first-order valence-corrected chi connectivity index (χ1v) is 15.4. The van der Waals surface area contributed by atoms with Gasteiger partial charge in [0, 0.05) is 17.7 Å². The van der Waals surface area contributed by atoms with E-state index in [1.165, 1.54) is 0 Å². The molecule has 0 amide bonds. The largest absolute Gasteiger partial charge is 0.480 e. The summed E-state index contributed by atoms with van der Waals surface area (Å²) in [5, 5.41) is 10.00. The molecule has 1 unspecified atom stereocenters. The van der Waals surface area contributed by atoms with Crippen LogP contribution in [0.25, 0.3) is 0 Å². The minimum absolute atomic E-state index is 0.0967. The highest BCUT2D eigenvalue weighted by Gasteiger charge is 2.43. The zero-order chi connectivity index (χ0) is 28.0. The van der Waals surface area contributed by atoms with Gasteiger partial charge in [-0.25, -0.2) is 4.79 Å². The van der Waals surface area contributed by atoms with Gasteiger partial charge in [-0.1, -0.05) is 69.9 Å². The molecule has 3 rings (SSSR count). The zero-order valence-electron chi connectivity index (χ0n) is 23.5. The minimum atomic E-state index is -3.21. The van der Waals surface area contributed by atoms with E-state index in [1.807, 2.05) is 18.2 Å². The molecule has 0 radical (unpaired) electrons. The van der Waals surface area contributed by atoms with Gasteiger partial charge in [-0.2, -0.15) is 15.9 Å². The summed E-state index contributed by atoms with van der Waals surface area (Å²) in [5.74, 6) is -0.198. The van der Waals surface area contributed by atoms with Crippen LogP contribution >= 0.6 is 10.6 Å². The quantitative estimate of drug-likeness (QED) is 0.294. The van der Waals surface area contributed by atoms with Crippen LogP contribution in [-0.2, 0) is 9.53 Å². The number of hydrogen-bond acceptors (Lipinski definition) is 6. The van der Waals surface area contributed by atoms with Gasteiger partial charge in [-0.15, -0.1) is 0 Å². The van der Waals surface area contributed by atoms with Crippen molar-refractivity contribution in [2.24, 2.45) is 5.41 Å². The second-order valence-electron chi connectivity index (χ2n) is 11.6. The molecule has 208 valence electrons. The maximum absolute atomic E-state index is 12.3. The smallest absolute Gasteiger partial charge is 0.344 e. The number of carbonyl (C=O) groups excluding carboxylic acids is 1. The number of ether oxygens (including phenoxy) is 2. The molecule has 7 heteroatoms. The van der Waals surface area contributed by atoms with Gasteiger partial charge in [0.2, 0.25) is 0 Å². The van der Waals surface area contributed by atoms with E-state index in [2.05, 4.69) is 32.0 Å². The summed E-state index contributed by atoms with van der Waals surface area (Å²) in [6.07, 6.45) is 6.74. The fraction of sp³-hybridized carbons (Fsp3) is 0.548. The average Bonchev–Trinajstić information content (AvgIpc) is 2.96. The van der Waals surface area contributed by atoms with E-state index in [9.17, 15) is 19.2 Å². The Morgan fingerprint density at radius 2 is 1.74 bits per heavy atom. The highest BCUT2D eigenvalue weighted by Crippen LogP contribution is 2.63. The van der Waals surface area contributed by atoms with E-state index in [-0.39, 0.29) is 35.0 Å². The fourth-order valence-electron chi connectivity index (χ4n) is 5.51. The van der Waals surface area contributed by atoms with Crippen molar-refractivity contribution >= 4 is 16.6 Å². The average molecular weight is 542 g/mol. The molecule has 1 aliphatic heterocycles. The monoisotopic (exact) mass is 541 g/mol. The van der Waals surface area contributed by atoms with Crippen molar-refractivity contribution in [2.75, 3.05) is 12.4 Å². The molecule has 1 heterocycles. The molecule has 2 aromatic carbocycles. The first-order chi connectivity index (χ1) is 17.9. The second kappa shape index (κ2) is 12.5. The lowest BCUT2D eigenvalue weighted by Crippen LogP contribution is -2.29.